The first kappa shape index (κ1) is 23.1. The van der Waals surface area contributed by atoms with Gasteiger partial charge in [0.2, 0.25) is 0 Å². The van der Waals surface area contributed by atoms with Crippen LogP contribution in [0.4, 0.5) is 11.4 Å². The molecule has 2 aliphatic heterocycles. The third-order valence-electron chi connectivity index (χ3n) is 7.44. The lowest BCUT2D eigenvalue weighted by Gasteiger charge is -2.35. The molecule has 0 saturated carbocycles. The number of benzene rings is 2. The van der Waals surface area contributed by atoms with Crippen molar-refractivity contribution in [2.45, 2.75) is 104 Å². The molecule has 176 valence electrons. The molecule has 2 N–H and O–H groups in total. The Labute approximate surface area is 194 Å². The summed E-state index contributed by atoms with van der Waals surface area (Å²) < 4.78 is 12.9. The average Bonchev–Trinajstić information content (AvgIpc) is 2.82. The molecule has 0 radical (unpaired) electrons. The highest BCUT2D eigenvalue weighted by Crippen LogP contribution is 2.47. The fourth-order valence-corrected chi connectivity index (χ4v) is 5.36. The van der Waals surface area contributed by atoms with Crippen LogP contribution in [0, 0.1) is 11.8 Å². The Kier molecular flexibility index (Phi) is 7.70. The van der Waals surface area contributed by atoms with Crippen LogP contribution in [-0.2, 0) is 0 Å². The summed E-state index contributed by atoms with van der Waals surface area (Å²) in [5.41, 5.74) is 2.33. The van der Waals surface area contributed by atoms with Crippen LogP contribution in [0.2, 0.25) is 0 Å². The Balaban J connectivity index is 1.51. The molecule has 2 heterocycles. The lowest BCUT2D eigenvalue weighted by Crippen LogP contribution is -2.34. The van der Waals surface area contributed by atoms with Crippen molar-refractivity contribution in [3.05, 3.63) is 24.3 Å². The molecule has 0 fully saturated rings. The van der Waals surface area contributed by atoms with E-state index in [4.69, 9.17) is 9.47 Å². The van der Waals surface area contributed by atoms with Crippen molar-refractivity contribution >= 4 is 22.1 Å². The van der Waals surface area contributed by atoms with E-state index in [-0.39, 0.29) is 12.5 Å². The van der Waals surface area contributed by atoms with Crippen molar-refractivity contribution in [2.24, 2.45) is 11.8 Å². The van der Waals surface area contributed by atoms with Crippen LogP contribution in [0.25, 0.3) is 10.8 Å². The second-order valence-electron chi connectivity index (χ2n) is 9.78. The second-order valence-corrected chi connectivity index (χ2v) is 9.78. The van der Waals surface area contributed by atoms with Gasteiger partial charge in [0.05, 0.1) is 10.8 Å². The molecule has 2 aromatic rings. The monoisotopic (exact) mass is 438 g/mol. The molecule has 2 aliphatic rings. The number of anilines is 2. The second kappa shape index (κ2) is 10.7. The van der Waals surface area contributed by atoms with Crippen LogP contribution in [-0.4, -0.2) is 12.5 Å². The molecule has 4 nitrogen and oxygen atoms in total. The summed E-state index contributed by atoms with van der Waals surface area (Å²) in [5.74, 6) is 3.36. The quantitative estimate of drug-likeness (QED) is 0.349. The van der Waals surface area contributed by atoms with Crippen molar-refractivity contribution in [3.63, 3.8) is 0 Å². The van der Waals surface area contributed by atoms with Crippen LogP contribution in [0.15, 0.2) is 24.3 Å². The number of rotatable bonds is 12. The van der Waals surface area contributed by atoms with E-state index in [1.165, 1.54) is 62.7 Å². The average molecular weight is 439 g/mol. The van der Waals surface area contributed by atoms with Gasteiger partial charge < -0.3 is 20.1 Å². The van der Waals surface area contributed by atoms with Gasteiger partial charge in [-0.15, -0.1) is 0 Å². The molecule has 4 heteroatoms. The smallest absolute Gasteiger partial charge is 0.170 e. The van der Waals surface area contributed by atoms with E-state index in [1.54, 1.807) is 0 Å². The minimum Gasteiger partial charge on any atom is -0.470 e. The Hall–Kier alpha value is -2.10. The Bertz CT molecular complexity index is 773. The number of nitrogens with one attached hydrogen (secondary N) is 2. The van der Waals surface area contributed by atoms with Crippen molar-refractivity contribution < 1.29 is 9.47 Å². The van der Waals surface area contributed by atoms with Gasteiger partial charge in [-0.3, -0.25) is 0 Å². The topological polar surface area (TPSA) is 42.5 Å². The zero-order valence-electron chi connectivity index (χ0n) is 20.5. The van der Waals surface area contributed by atoms with Gasteiger partial charge in [-0.1, -0.05) is 79.1 Å². The minimum absolute atomic E-state index is 0.0395. The van der Waals surface area contributed by atoms with Gasteiger partial charge >= 0.3 is 0 Å². The van der Waals surface area contributed by atoms with Gasteiger partial charge in [-0.25, -0.2) is 0 Å². The maximum atomic E-state index is 6.45. The molecular weight excluding hydrogens is 396 g/mol. The predicted molar refractivity (Wildman–Crippen MR) is 136 cm³/mol. The predicted octanol–water partition coefficient (Wildman–Crippen LogP) is 8.31. The number of hydrogen-bond acceptors (Lipinski definition) is 4. The molecule has 4 rings (SSSR count). The van der Waals surface area contributed by atoms with Crippen molar-refractivity contribution in [2.75, 3.05) is 10.6 Å². The van der Waals surface area contributed by atoms with Crippen molar-refractivity contribution in [1.82, 2.24) is 0 Å². The summed E-state index contributed by atoms with van der Waals surface area (Å²) in [6, 6.07) is 8.67. The molecule has 0 bridgehead atoms. The number of ether oxygens (including phenoxy) is 2. The van der Waals surface area contributed by atoms with E-state index in [0.29, 0.717) is 11.8 Å². The van der Waals surface area contributed by atoms with Gasteiger partial charge in [-0.05, 0) is 36.1 Å². The SMILES string of the molecule is CCCCC(CC)CC1Nc2ccc3c4c(ccc(c24)O1)NC(CC(CC)CCCC)O3. The van der Waals surface area contributed by atoms with E-state index in [9.17, 15) is 0 Å². The van der Waals surface area contributed by atoms with E-state index in [0.717, 1.165) is 35.1 Å². The Morgan fingerprint density at radius 2 is 1.12 bits per heavy atom. The summed E-state index contributed by atoms with van der Waals surface area (Å²) in [4.78, 5) is 0. The fraction of sp³-hybridized carbons (Fsp3) is 0.643. The molecule has 32 heavy (non-hydrogen) atoms. The van der Waals surface area contributed by atoms with Crippen LogP contribution < -0.4 is 20.1 Å². The zero-order chi connectivity index (χ0) is 22.5. The van der Waals surface area contributed by atoms with Crippen LogP contribution >= 0.6 is 0 Å². The van der Waals surface area contributed by atoms with Crippen LogP contribution in [0.1, 0.15) is 91.9 Å². The van der Waals surface area contributed by atoms with Gasteiger partial charge in [0.1, 0.15) is 11.5 Å². The molecule has 0 aromatic heterocycles. The third kappa shape index (κ3) is 4.94. The molecular formula is C28H42N2O2. The molecule has 4 unspecified atom stereocenters. The third-order valence-corrected chi connectivity index (χ3v) is 7.44. The summed E-state index contributed by atoms with van der Waals surface area (Å²) in [6.07, 6.45) is 12.3. The zero-order valence-corrected chi connectivity index (χ0v) is 20.5. The van der Waals surface area contributed by atoms with Gasteiger partial charge in [-0.2, -0.15) is 0 Å². The highest BCUT2D eigenvalue weighted by molar-refractivity contribution is 6.09. The standard InChI is InChI=1S/C28H42N2O2/c1-5-9-11-19(7-3)17-25-29-21-13-16-24-28-22(14-15-23(31-25)27(21)28)30-26(32-24)18-20(8-4)12-10-6-2/h13-16,19-20,25-26,29-30H,5-12,17-18H2,1-4H3. The molecule has 0 aliphatic carbocycles. The number of hydrogen-bond donors (Lipinski definition) is 2. The first-order valence-corrected chi connectivity index (χ1v) is 13.1. The maximum absolute atomic E-state index is 6.45. The molecule has 4 atom stereocenters. The first-order valence-electron chi connectivity index (χ1n) is 13.1. The largest absolute Gasteiger partial charge is 0.470 e. The highest BCUT2D eigenvalue weighted by Gasteiger charge is 2.30. The van der Waals surface area contributed by atoms with Crippen molar-refractivity contribution in [3.8, 4) is 11.5 Å². The van der Waals surface area contributed by atoms with Gasteiger partial charge in [0, 0.05) is 24.2 Å². The van der Waals surface area contributed by atoms with E-state index in [1.807, 2.05) is 0 Å². The Morgan fingerprint density at radius 3 is 1.50 bits per heavy atom. The van der Waals surface area contributed by atoms with Crippen LogP contribution in [0.5, 0.6) is 11.5 Å². The van der Waals surface area contributed by atoms with Gasteiger partial charge in [0.15, 0.2) is 12.5 Å². The molecule has 2 aromatic carbocycles. The molecule has 0 amide bonds. The maximum Gasteiger partial charge on any atom is 0.170 e. The van der Waals surface area contributed by atoms with E-state index >= 15 is 0 Å². The van der Waals surface area contributed by atoms with Crippen LogP contribution in [0.3, 0.4) is 0 Å². The first-order chi connectivity index (χ1) is 15.7. The summed E-state index contributed by atoms with van der Waals surface area (Å²) in [6.45, 7) is 9.14. The van der Waals surface area contributed by atoms with E-state index in [2.05, 4.69) is 62.6 Å². The summed E-state index contributed by atoms with van der Waals surface area (Å²) >= 11 is 0. The lowest BCUT2D eigenvalue weighted by molar-refractivity contribution is 0.181. The van der Waals surface area contributed by atoms with E-state index < -0.39 is 0 Å². The number of unbranched alkanes of at least 4 members (excludes halogenated alkanes) is 2. The van der Waals surface area contributed by atoms with Gasteiger partial charge in [0.25, 0.3) is 0 Å². The summed E-state index contributed by atoms with van der Waals surface area (Å²) in [5, 5.41) is 9.66. The normalized spacial score (nSPS) is 20.6. The van der Waals surface area contributed by atoms with Crippen molar-refractivity contribution in [1.29, 1.82) is 0 Å². The fourth-order valence-electron chi connectivity index (χ4n) is 5.36. The highest BCUT2D eigenvalue weighted by atomic mass is 16.5. The molecule has 0 saturated heterocycles. The lowest BCUT2D eigenvalue weighted by atomic mass is 9.93. The Morgan fingerprint density at radius 1 is 0.688 bits per heavy atom. The summed E-state index contributed by atoms with van der Waals surface area (Å²) in [7, 11) is 0. The minimum atomic E-state index is 0.0395. The molecule has 0 spiro atoms.